The predicted octanol–water partition coefficient (Wildman–Crippen LogP) is 3.20. The van der Waals surface area contributed by atoms with Crippen LogP contribution in [-0.4, -0.2) is 18.4 Å². The summed E-state index contributed by atoms with van der Waals surface area (Å²) in [5.41, 5.74) is 0. The first kappa shape index (κ1) is 14.7. The SMILES string of the molecule is CCOC(=O)C=CCCCCC1CCC=CC1=O. The number of hydrogen-bond donors (Lipinski definition) is 0. The van der Waals surface area contributed by atoms with Crippen LogP contribution in [0.25, 0.3) is 0 Å². The number of carbonyl (C=O) groups excluding carboxylic acids is 2. The van der Waals surface area contributed by atoms with Crippen molar-refractivity contribution in [3.63, 3.8) is 0 Å². The summed E-state index contributed by atoms with van der Waals surface area (Å²) in [5, 5.41) is 0. The molecule has 0 aliphatic heterocycles. The molecule has 1 aliphatic rings. The van der Waals surface area contributed by atoms with Crippen molar-refractivity contribution in [2.75, 3.05) is 6.61 Å². The summed E-state index contributed by atoms with van der Waals surface area (Å²) < 4.78 is 4.78. The van der Waals surface area contributed by atoms with E-state index in [1.54, 1.807) is 13.0 Å². The molecule has 18 heavy (non-hydrogen) atoms. The Hall–Kier alpha value is -1.38. The molecule has 0 radical (unpaired) electrons. The first-order valence-corrected chi connectivity index (χ1v) is 6.77. The van der Waals surface area contributed by atoms with Crippen molar-refractivity contribution in [3.05, 3.63) is 24.3 Å². The number of carbonyl (C=O) groups is 2. The molecule has 0 amide bonds. The van der Waals surface area contributed by atoms with Crippen LogP contribution < -0.4 is 0 Å². The van der Waals surface area contributed by atoms with Crippen molar-refractivity contribution in [2.24, 2.45) is 5.92 Å². The van der Waals surface area contributed by atoms with Crippen LogP contribution in [0, 0.1) is 5.92 Å². The predicted molar refractivity (Wildman–Crippen MR) is 71.1 cm³/mol. The van der Waals surface area contributed by atoms with Crippen molar-refractivity contribution in [2.45, 2.75) is 45.4 Å². The van der Waals surface area contributed by atoms with E-state index in [9.17, 15) is 9.59 Å². The van der Waals surface area contributed by atoms with Gasteiger partial charge in [-0.3, -0.25) is 4.79 Å². The van der Waals surface area contributed by atoms with Crippen LogP contribution in [0.3, 0.4) is 0 Å². The van der Waals surface area contributed by atoms with Crippen LogP contribution in [0.1, 0.15) is 45.4 Å². The van der Waals surface area contributed by atoms with Gasteiger partial charge in [0.1, 0.15) is 0 Å². The van der Waals surface area contributed by atoms with Gasteiger partial charge in [-0.15, -0.1) is 0 Å². The second-order valence-electron chi connectivity index (χ2n) is 4.52. The Bertz CT molecular complexity index is 329. The number of unbranched alkanes of at least 4 members (excludes halogenated alkanes) is 2. The largest absolute Gasteiger partial charge is 0.463 e. The average Bonchev–Trinajstić information content (AvgIpc) is 2.36. The lowest BCUT2D eigenvalue weighted by molar-refractivity contribution is -0.137. The van der Waals surface area contributed by atoms with Gasteiger partial charge < -0.3 is 4.74 Å². The molecule has 3 heteroatoms. The molecular formula is C15H22O3. The zero-order valence-electron chi connectivity index (χ0n) is 11.1. The Morgan fingerprint density at radius 3 is 3.06 bits per heavy atom. The van der Waals surface area contributed by atoms with Gasteiger partial charge in [-0.05, 0) is 45.1 Å². The summed E-state index contributed by atoms with van der Waals surface area (Å²) in [5.74, 6) is 0.234. The third-order valence-electron chi connectivity index (χ3n) is 3.08. The van der Waals surface area contributed by atoms with E-state index in [4.69, 9.17) is 4.74 Å². The molecule has 0 aromatic rings. The second kappa shape index (κ2) is 8.67. The van der Waals surface area contributed by atoms with Gasteiger partial charge in [0.15, 0.2) is 5.78 Å². The molecule has 1 atom stereocenters. The number of ether oxygens (including phenoxy) is 1. The summed E-state index contributed by atoms with van der Waals surface area (Å²) in [6.07, 6.45) is 12.9. The number of esters is 1. The minimum atomic E-state index is -0.273. The number of hydrogen-bond acceptors (Lipinski definition) is 3. The molecule has 0 saturated heterocycles. The van der Waals surface area contributed by atoms with Crippen LogP contribution in [0.4, 0.5) is 0 Å². The van der Waals surface area contributed by atoms with E-state index in [0.717, 1.165) is 38.5 Å². The van der Waals surface area contributed by atoms with E-state index < -0.39 is 0 Å². The molecule has 1 unspecified atom stereocenters. The van der Waals surface area contributed by atoms with E-state index in [1.807, 2.05) is 12.2 Å². The van der Waals surface area contributed by atoms with E-state index in [-0.39, 0.29) is 17.7 Å². The fourth-order valence-corrected chi connectivity index (χ4v) is 2.08. The van der Waals surface area contributed by atoms with Crippen molar-refractivity contribution < 1.29 is 14.3 Å². The summed E-state index contributed by atoms with van der Waals surface area (Å²) >= 11 is 0. The molecule has 0 spiro atoms. The van der Waals surface area contributed by atoms with Crippen molar-refractivity contribution in [1.82, 2.24) is 0 Å². The number of allylic oxidation sites excluding steroid dienone is 3. The highest BCUT2D eigenvalue weighted by atomic mass is 16.5. The molecule has 0 saturated carbocycles. The van der Waals surface area contributed by atoms with Gasteiger partial charge in [-0.1, -0.05) is 18.6 Å². The number of rotatable bonds is 7. The first-order chi connectivity index (χ1) is 8.74. The zero-order valence-corrected chi connectivity index (χ0v) is 11.1. The minimum Gasteiger partial charge on any atom is -0.463 e. The molecule has 0 aromatic carbocycles. The lowest BCUT2D eigenvalue weighted by atomic mass is 9.88. The average molecular weight is 250 g/mol. The molecule has 3 nitrogen and oxygen atoms in total. The van der Waals surface area contributed by atoms with Gasteiger partial charge in [0.05, 0.1) is 6.61 Å². The maximum atomic E-state index is 11.5. The summed E-state index contributed by atoms with van der Waals surface area (Å²) in [7, 11) is 0. The van der Waals surface area contributed by atoms with Crippen LogP contribution in [0.5, 0.6) is 0 Å². The smallest absolute Gasteiger partial charge is 0.330 e. The molecule has 0 bridgehead atoms. The molecule has 0 aromatic heterocycles. The third-order valence-corrected chi connectivity index (χ3v) is 3.08. The maximum absolute atomic E-state index is 11.5. The van der Waals surface area contributed by atoms with Gasteiger partial charge in [0.2, 0.25) is 0 Å². The Balaban J connectivity index is 2.06. The molecular weight excluding hydrogens is 228 g/mol. The summed E-state index contributed by atoms with van der Waals surface area (Å²) in [4.78, 5) is 22.5. The van der Waals surface area contributed by atoms with Crippen LogP contribution in [0.2, 0.25) is 0 Å². The second-order valence-corrected chi connectivity index (χ2v) is 4.52. The Labute approximate surface area is 109 Å². The highest BCUT2D eigenvalue weighted by Gasteiger charge is 2.17. The van der Waals surface area contributed by atoms with Crippen molar-refractivity contribution in [1.29, 1.82) is 0 Å². The standard InChI is InChI=1S/C15H22O3/c1-2-18-15(17)12-6-4-3-5-9-13-10-7-8-11-14(13)16/h6,8,11-13H,2-5,7,9-10H2,1H3. The highest BCUT2D eigenvalue weighted by Crippen LogP contribution is 2.21. The number of ketones is 1. The molecule has 0 fully saturated rings. The molecule has 0 heterocycles. The lowest BCUT2D eigenvalue weighted by Gasteiger charge is -2.15. The Kier molecular flexibility index (Phi) is 7.07. The van der Waals surface area contributed by atoms with Crippen LogP contribution >= 0.6 is 0 Å². The Morgan fingerprint density at radius 1 is 1.50 bits per heavy atom. The van der Waals surface area contributed by atoms with Gasteiger partial charge in [-0.2, -0.15) is 0 Å². The minimum absolute atomic E-state index is 0.226. The van der Waals surface area contributed by atoms with Crippen LogP contribution in [-0.2, 0) is 14.3 Å². The normalized spacial score (nSPS) is 19.4. The molecule has 100 valence electrons. The fourth-order valence-electron chi connectivity index (χ4n) is 2.08. The third kappa shape index (κ3) is 5.80. The highest BCUT2D eigenvalue weighted by molar-refractivity contribution is 5.92. The van der Waals surface area contributed by atoms with Crippen LogP contribution in [0.15, 0.2) is 24.3 Å². The lowest BCUT2D eigenvalue weighted by Crippen LogP contribution is -2.14. The van der Waals surface area contributed by atoms with Gasteiger partial charge in [-0.25, -0.2) is 4.79 Å². The van der Waals surface area contributed by atoms with E-state index in [2.05, 4.69) is 0 Å². The summed E-state index contributed by atoms with van der Waals surface area (Å²) in [6, 6.07) is 0. The molecule has 1 rings (SSSR count). The van der Waals surface area contributed by atoms with Crippen molar-refractivity contribution in [3.8, 4) is 0 Å². The van der Waals surface area contributed by atoms with Gasteiger partial charge in [0, 0.05) is 12.0 Å². The van der Waals surface area contributed by atoms with Gasteiger partial charge in [0.25, 0.3) is 0 Å². The monoisotopic (exact) mass is 250 g/mol. The topological polar surface area (TPSA) is 43.4 Å². The quantitative estimate of drug-likeness (QED) is 0.396. The Morgan fingerprint density at radius 2 is 2.33 bits per heavy atom. The van der Waals surface area contributed by atoms with E-state index in [1.165, 1.54) is 6.08 Å². The molecule has 1 aliphatic carbocycles. The molecule has 0 N–H and O–H groups in total. The maximum Gasteiger partial charge on any atom is 0.330 e. The first-order valence-electron chi connectivity index (χ1n) is 6.77. The fraction of sp³-hybridized carbons (Fsp3) is 0.600. The zero-order chi connectivity index (χ0) is 13.2. The van der Waals surface area contributed by atoms with Gasteiger partial charge >= 0.3 is 5.97 Å². The van der Waals surface area contributed by atoms with E-state index >= 15 is 0 Å². The van der Waals surface area contributed by atoms with Crippen molar-refractivity contribution >= 4 is 11.8 Å². The van der Waals surface area contributed by atoms with E-state index in [0.29, 0.717) is 6.61 Å². The summed E-state index contributed by atoms with van der Waals surface area (Å²) in [6.45, 7) is 2.21.